The maximum absolute atomic E-state index is 13.7. The summed E-state index contributed by atoms with van der Waals surface area (Å²) in [6, 6.07) is 5.51. The lowest BCUT2D eigenvalue weighted by Gasteiger charge is -2.13. The highest BCUT2D eigenvalue weighted by Gasteiger charge is 2.34. The molecule has 3 nitrogen and oxygen atoms in total. The molecule has 1 heterocycles. The van der Waals surface area contributed by atoms with Crippen LogP contribution >= 0.6 is 0 Å². The van der Waals surface area contributed by atoms with Crippen LogP contribution in [0.3, 0.4) is 0 Å². The molecule has 0 amide bonds. The molecule has 0 radical (unpaired) electrons. The van der Waals surface area contributed by atoms with Crippen LogP contribution in [0.1, 0.15) is 15.9 Å². The number of alkyl halides is 3. The van der Waals surface area contributed by atoms with E-state index in [9.17, 15) is 22.4 Å². The van der Waals surface area contributed by atoms with Gasteiger partial charge in [-0.3, -0.25) is 9.78 Å². The van der Waals surface area contributed by atoms with Gasteiger partial charge in [-0.1, -0.05) is 6.07 Å². The van der Waals surface area contributed by atoms with E-state index in [1.54, 1.807) is 0 Å². The molecule has 0 saturated heterocycles. The predicted molar refractivity (Wildman–Crippen MR) is 60.8 cm³/mol. The van der Waals surface area contributed by atoms with Gasteiger partial charge in [-0.25, -0.2) is 4.39 Å². The van der Waals surface area contributed by atoms with Crippen LogP contribution in [-0.4, -0.2) is 17.1 Å². The Kier molecular flexibility index (Phi) is 3.69. The molecule has 1 aromatic heterocycles. The minimum atomic E-state index is -5.02. The lowest BCUT2D eigenvalue weighted by atomic mass is 10.0. The van der Waals surface area contributed by atoms with E-state index in [2.05, 4.69) is 9.72 Å². The second kappa shape index (κ2) is 5.28. The molecule has 0 aliphatic carbocycles. The smallest absolute Gasteiger partial charge is 0.405 e. The molecular formula is C13H7F4NO2. The summed E-state index contributed by atoms with van der Waals surface area (Å²) in [6.45, 7) is 0. The summed E-state index contributed by atoms with van der Waals surface area (Å²) < 4.78 is 54.1. The number of hydrogen-bond donors (Lipinski definition) is 0. The van der Waals surface area contributed by atoms with Crippen LogP contribution in [0.5, 0.6) is 5.75 Å². The fraction of sp³-hybridized carbons (Fsp3) is 0.0769. The lowest BCUT2D eigenvalue weighted by Crippen LogP contribution is -2.20. The number of carbonyl (C=O) groups is 1. The van der Waals surface area contributed by atoms with Gasteiger partial charge in [0.15, 0.2) is 0 Å². The molecule has 0 saturated carbocycles. The quantitative estimate of drug-likeness (QED) is 0.641. The Bertz CT molecular complexity index is 626. The lowest BCUT2D eigenvalue weighted by molar-refractivity contribution is -0.274. The standard InChI is InChI=1S/C13H7F4NO2/c14-9-4-1-5-10(20-13(15,16)17)11(9)12(19)8-3-2-6-18-7-8/h1-7H. The molecule has 20 heavy (non-hydrogen) atoms. The molecule has 0 unspecified atom stereocenters. The molecule has 104 valence electrons. The number of pyridine rings is 1. The average molecular weight is 285 g/mol. The van der Waals surface area contributed by atoms with Crippen LogP contribution in [0.4, 0.5) is 17.6 Å². The topological polar surface area (TPSA) is 39.2 Å². The van der Waals surface area contributed by atoms with Gasteiger partial charge in [-0.2, -0.15) is 0 Å². The highest BCUT2D eigenvalue weighted by Crippen LogP contribution is 2.29. The molecular weight excluding hydrogens is 278 g/mol. The van der Waals surface area contributed by atoms with Crippen molar-refractivity contribution in [1.29, 1.82) is 0 Å². The summed E-state index contributed by atoms with van der Waals surface area (Å²) in [4.78, 5) is 15.7. The Morgan fingerprint density at radius 3 is 2.50 bits per heavy atom. The van der Waals surface area contributed by atoms with Gasteiger partial charge >= 0.3 is 6.36 Å². The molecule has 1 aromatic carbocycles. The third-order valence-electron chi connectivity index (χ3n) is 2.35. The van der Waals surface area contributed by atoms with Crippen molar-refractivity contribution in [1.82, 2.24) is 4.98 Å². The van der Waals surface area contributed by atoms with E-state index in [4.69, 9.17) is 0 Å². The van der Waals surface area contributed by atoms with Gasteiger partial charge < -0.3 is 4.74 Å². The molecule has 0 atom stereocenters. The fourth-order valence-electron chi connectivity index (χ4n) is 1.58. The molecule has 0 N–H and O–H groups in total. The summed E-state index contributed by atoms with van der Waals surface area (Å²) in [5, 5.41) is 0. The Hall–Kier alpha value is -2.44. The number of nitrogens with zero attached hydrogens (tertiary/aromatic N) is 1. The average Bonchev–Trinajstić information content (AvgIpc) is 2.37. The van der Waals surface area contributed by atoms with Gasteiger partial charge in [-0.05, 0) is 24.3 Å². The van der Waals surface area contributed by atoms with Crippen molar-refractivity contribution >= 4 is 5.78 Å². The molecule has 0 spiro atoms. The number of carbonyl (C=O) groups excluding carboxylic acids is 1. The largest absolute Gasteiger partial charge is 0.573 e. The van der Waals surface area contributed by atoms with Crippen LogP contribution in [0, 0.1) is 5.82 Å². The minimum absolute atomic E-state index is 0.0374. The minimum Gasteiger partial charge on any atom is -0.405 e. The van der Waals surface area contributed by atoms with Crippen LogP contribution in [0.15, 0.2) is 42.7 Å². The summed E-state index contributed by atoms with van der Waals surface area (Å²) in [5.74, 6) is -2.91. The van der Waals surface area contributed by atoms with Crippen molar-refractivity contribution in [2.24, 2.45) is 0 Å². The van der Waals surface area contributed by atoms with Gasteiger partial charge in [0.05, 0.1) is 0 Å². The molecule has 0 aliphatic heterocycles. The third-order valence-corrected chi connectivity index (χ3v) is 2.35. The highest BCUT2D eigenvalue weighted by molar-refractivity contribution is 6.10. The zero-order valence-corrected chi connectivity index (χ0v) is 9.82. The fourth-order valence-corrected chi connectivity index (χ4v) is 1.58. The van der Waals surface area contributed by atoms with Gasteiger partial charge in [0, 0.05) is 18.0 Å². The maximum atomic E-state index is 13.7. The number of halogens is 4. The van der Waals surface area contributed by atoms with E-state index in [0.29, 0.717) is 0 Å². The Labute approximate surface area is 110 Å². The molecule has 0 bridgehead atoms. The third kappa shape index (κ3) is 3.11. The summed E-state index contributed by atoms with van der Waals surface area (Å²) in [5.41, 5.74) is -0.817. The number of rotatable bonds is 3. The van der Waals surface area contributed by atoms with Crippen molar-refractivity contribution in [2.45, 2.75) is 6.36 Å². The van der Waals surface area contributed by atoms with Crippen LogP contribution in [0.2, 0.25) is 0 Å². The number of benzene rings is 1. The van der Waals surface area contributed by atoms with Crippen LogP contribution < -0.4 is 4.74 Å². The predicted octanol–water partition coefficient (Wildman–Crippen LogP) is 3.35. The van der Waals surface area contributed by atoms with E-state index in [1.165, 1.54) is 18.3 Å². The zero-order chi connectivity index (χ0) is 14.8. The Morgan fingerprint density at radius 1 is 1.15 bits per heavy atom. The van der Waals surface area contributed by atoms with Crippen molar-refractivity contribution in [2.75, 3.05) is 0 Å². The van der Waals surface area contributed by atoms with Gasteiger partial charge in [0.25, 0.3) is 0 Å². The molecule has 7 heteroatoms. The van der Waals surface area contributed by atoms with Gasteiger partial charge in [-0.15, -0.1) is 13.2 Å². The zero-order valence-electron chi connectivity index (χ0n) is 9.82. The first-order valence-electron chi connectivity index (χ1n) is 5.37. The molecule has 0 aliphatic rings. The number of ketones is 1. The number of hydrogen-bond acceptors (Lipinski definition) is 3. The second-order valence-electron chi connectivity index (χ2n) is 3.73. The van der Waals surface area contributed by atoms with E-state index in [-0.39, 0.29) is 5.56 Å². The Balaban J connectivity index is 2.48. The summed E-state index contributed by atoms with van der Waals surface area (Å²) >= 11 is 0. The van der Waals surface area contributed by atoms with E-state index in [1.807, 2.05) is 0 Å². The first-order chi connectivity index (χ1) is 9.38. The molecule has 0 fully saturated rings. The van der Waals surface area contributed by atoms with Gasteiger partial charge in [0.1, 0.15) is 17.1 Å². The first-order valence-corrected chi connectivity index (χ1v) is 5.37. The van der Waals surface area contributed by atoms with Crippen molar-refractivity contribution < 1.29 is 27.1 Å². The van der Waals surface area contributed by atoms with E-state index < -0.39 is 29.3 Å². The van der Waals surface area contributed by atoms with E-state index in [0.717, 1.165) is 24.4 Å². The molecule has 2 aromatic rings. The van der Waals surface area contributed by atoms with Crippen molar-refractivity contribution in [3.63, 3.8) is 0 Å². The monoisotopic (exact) mass is 285 g/mol. The highest BCUT2D eigenvalue weighted by atomic mass is 19.4. The molecule has 2 rings (SSSR count). The second-order valence-corrected chi connectivity index (χ2v) is 3.73. The first kappa shape index (κ1) is 14.0. The van der Waals surface area contributed by atoms with E-state index >= 15 is 0 Å². The summed E-state index contributed by atoms with van der Waals surface area (Å²) in [6.07, 6.45) is -2.50. The van der Waals surface area contributed by atoms with Crippen molar-refractivity contribution in [3.8, 4) is 5.75 Å². The van der Waals surface area contributed by atoms with Crippen molar-refractivity contribution in [3.05, 3.63) is 59.7 Å². The number of ether oxygens (including phenoxy) is 1. The normalized spacial score (nSPS) is 11.2. The Morgan fingerprint density at radius 2 is 1.90 bits per heavy atom. The maximum Gasteiger partial charge on any atom is 0.573 e. The number of aromatic nitrogens is 1. The SMILES string of the molecule is O=C(c1cccnc1)c1c(F)cccc1OC(F)(F)F. The van der Waals surface area contributed by atoms with Crippen LogP contribution in [0.25, 0.3) is 0 Å². The van der Waals surface area contributed by atoms with Crippen LogP contribution in [-0.2, 0) is 0 Å². The van der Waals surface area contributed by atoms with Gasteiger partial charge in [0.2, 0.25) is 5.78 Å². The summed E-state index contributed by atoms with van der Waals surface area (Å²) in [7, 11) is 0.